The summed E-state index contributed by atoms with van der Waals surface area (Å²) in [5.74, 6) is -2.06. The van der Waals surface area contributed by atoms with E-state index in [-0.39, 0.29) is 18.4 Å². The summed E-state index contributed by atoms with van der Waals surface area (Å²) < 4.78 is 54.6. The molecule has 0 aromatic heterocycles. The summed E-state index contributed by atoms with van der Waals surface area (Å²) in [6, 6.07) is 3.46. The van der Waals surface area contributed by atoms with Crippen LogP contribution in [-0.4, -0.2) is 36.0 Å². The molecule has 1 aliphatic heterocycles. The van der Waals surface area contributed by atoms with Gasteiger partial charge in [-0.1, -0.05) is 19.1 Å². The van der Waals surface area contributed by atoms with Gasteiger partial charge in [0.15, 0.2) is 11.6 Å². The van der Waals surface area contributed by atoms with E-state index in [4.69, 9.17) is 0 Å². The van der Waals surface area contributed by atoms with Gasteiger partial charge in [-0.15, -0.1) is 13.2 Å². The van der Waals surface area contributed by atoms with Gasteiger partial charge in [0.05, 0.1) is 5.60 Å². The van der Waals surface area contributed by atoms with E-state index in [0.717, 1.165) is 12.6 Å². The molecule has 1 N–H and O–H groups in total. The van der Waals surface area contributed by atoms with E-state index in [1.165, 1.54) is 12.1 Å². The van der Waals surface area contributed by atoms with Gasteiger partial charge in [-0.3, -0.25) is 0 Å². The van der Waals surface area contributed by atoms with Gasteiger partial charge in [0.25, 0.3) is 0 Å². The fraction of sp³-hybridized carbons (Fsp3) is 0.571. The Bertz CT molecular complexity index is 496. The molecule has 1 aromatic carbocycles. The van der Waals surface area contributed by atoms with Crippen LogP contribution in [0.2, 0.25) is 0 Å². The zero-order chi connectivity index (χ0) is 15.7. The fourth-order valence-corrected chi connectivity index (χ4v) is 2.58. The number of hydrogen-bond acceptors (Lipinski definition) is 3. The van der Waals surface area contributed by atoms with Gasteiger partial charge in [0.1, 0.15) is 0 Å². The van der Waals surface area contributed by atoms with Crippen molar-refractivity contribution in [2.24, 2.45) is 0 Å². The first-order valence-corrected chi connectivity index (χ1v) is 6.74. The van der Waals surface area contributed by atoms with E-state index in [9.17, 15) is 22.7 Å². The second-order valence-corrected chi connectivity index (χ2v) is 5.13. The average Bonchev–Trinajstić information content (AvgIpc) is 2.40. The minimum absolute atomic E-state index is 0.139. The van der Waals surface area contributed by atoms with Crippen LogP contribution in [0.15, 0.2) is 18.2 Å². The van der Waals surface area contributed by atoms with Gasteiger partial charge in [-0.25, -0.2) is 4.39 Å². The number of likely N-dealkylation sites (tertiary alicyclic amines) is 1. The number of aliphatic hydroxyl groups is 1. The van der Waals surface area contributed by atoms with Crippen LogP contribution in [0.5, 0.6) is 5.75 Å². The van der Waals surface area contributed by atoms with E-state index in [2.05, 4.69) is 9.64 Å². The number of halogens is 4. The number of nitrogens with zero attached hydrogens (tertiary/aromatic N) is 1. The Balaban J connectivity index is 2.26. The van der Waals surface area contributed by atoms with Gasteiger partial charge in [0.2, 0.25) is 0 Å². The molecule has 1 saturated heterocycles. The lowest BCUT2D eigenvalue weighted by Crippen LogP contribution is -2.42. The van der Waals surface area contributed by atoms with E-state index in [0.29, 0.717) is 13.1 Å². The van der Waals surface area contributed by atoms with Crippen LogP contribution in [0.3, 0.4) is 0 Å². The predicted molar refractivity (Wildman–Crippen MR) is 68.3 cm³/mol. The molecule has 118 valence electrons. The molecule has 1 heterocycles. The van der Waals surface area contributed by atoms with Gasteiger partial charge in [-0.2, -0.15) is 0 Å². The van der Waals surface area contributed by atoms with Crippen molar-refractivity contribution < 1.29 is 27.4 Å². The van der Waals surface area contributed by atoms with E-state index in [1.807, 2.05) is 6.92 Å². The SMILES string of the molecule is CCN1CCC(O)(c2cccc(OC(F)(F)F)c2F)CC1. The lowest BCUT2D eigenvalue weighted by atomic mass is 9.84. The molecule has 3 nitrogen and oxygen atoms in total. The summed E-state index contributed by atoms with van der Waals surface area (Å²) in [5.41, 5.74) is -1.60. The lowest BCUT2D eigenvalue weighted by Gasteiger charge is -2.38. The molecule has 0 aliphatic carbocycles. The van der Waals surface area contributed by atoms with Crippen molar-refractivity contribution in [3.05, 3.63) is 29.6 Å². The Labute approximate surface area is 120 Å². The van der Waals surface area contributed by atoms with Crippen LogP contribution >= 0.6 is 0 Å². The molecule has 0 amide bonds. The van der Waals surface area contributed by atoms with Crippen LogP contribution in [0, 0.1) is 5.82 Å². The summed E-state index contributed by atoms with van der Waals surface area (Å²) in [6.45, 7) is 3.92. The number of piperidine rings is 1. The molecule has 1 aromatic rings. The molecular formula is C14H17F4NO2. The third kappa shape index (κ3) is 3.65. The van der Waals surface area contributed by atoms with Gasteiger partial charge in [-0.05, 0) is 25.5 Å². The molecule has 2 rings (SSSR count). The number of alkyl halides is 3. The Morgan fingerprint density at radius 2 is 1.90 bits per heavy atom. The minimum atomic E-state index is -4.96. The van der Waals surface area contributed by atoms with E-state index in [1.54, 1.807) is 0 Å². The summed E-state index contributed by atoms with van der Waals surface area (Å²) in [4.78, 5) is 2.09. The van der Waals surface area contributed by atoms with Crippen molar-refractivity contribution in [1.29, 1.82) is 0 Å². The van der Waals surface area contributed by atoms with E-state index < -0.39 is 23.5 Å². The van der Waals surface area contributed by atoms with E-state index >= 15 is 0 Å². The summed E-state index contributed by atoms with van der Waals surface area (Å²) in [5, 5.41) is 10.6. The fourth-order valence-electron chi connectivity index (χ4n) is 2.58. The van der Waals surface area contributed by atoms with Crippen LogP contribution in [0.25, 0.3) is 0 Å². The quantitative estimate of drug-likeness (QED) is 0.871. The molecular weight excluding hydrogens is 290 g/mol. The third-order valence-electron chi connectivity index (χ3n) is 3.82. The Morgan fingerprint density at radius 3 is 2.43 bits per heavy atom. The van der Waals surface area contributed by atoms with Crippen molar-refractivity contribution >= 4 is 0 Å². The number of ether oxygens (including phenoxy) is 1. The Hall–Kier alpha value is -1.34. The maximum Gasteiger partial charge on any atom is 0.573 e. The zero-order valence-electron chi connectivity index (χ0n) is 11.6. The second-order valence-electron chi connectivity index (χ2n) is 5.13. The van der Waals surface area contributed by atoms with Gasteiger partial charge >= 0.3 is 6.36 Å². The highest BCUT2D eigenvalue weighted by Gasteiger charge is 2.38. The first kappa shape index (κ1) is 16.0. The molecule has 0 unspecified atom stereocenters. The topological polar surface area (TPSA) is 32.7 Å². The molecule has 0 spiro atoms. The normalized spacial score (nSPS) is 19.5. The first-order valence-electron chi connectivity index (χ1n) is 6.74. The molecule has 0 saturated carbocycles. The molecule has 21 heavy (non-hydrogen) atoms. The molecule has 7 heteroatoms. The molecule has 0 radical (unpaired) electrons. The van der Waals surface area contributed by atoms with Crippen molar-refractivity contribution in [3.8, 4) is 5.75 Å². The van der Waals surface area contributed by atoms with Crippen LogP contribution in [0.4, 0.5) is 17.6 Å². The highest BCUT2D eigenvalue weighted by Crippen LogP contribution is 2.38. The van der Waals surface area contributed by atoms with Gasteiger partial charge in [0, 0.05) is 18.7 Å². The summed E-state index contributed by atoms with van der Waals surface area (Å²) >= 11 is 0. The molecule has 1 aliphatic rings. The van der Waals surface area contributed by atoms with Crippen LogP contribution in [0.1, 0.15) is 25.3 Å². The number of rotatable bonds is 3. The number of hydrogen-bond donors (Lipinski definition) is 1. The maximum atomic E-state index is 14.2. The van der Waals surface area contributed by atoms with Crippen molar-refractivity contribution in [2.75, 3.05) is 19.6 Å². The largest absolute Gasteiger partial charge is 0.573 e. The number of benzene rings is 1. The standard InChI is InChI=1S/C14H17F4NO2/c1-2-19-8-6-13(20,7-9-19)10-4-3-5-11(12(10)15)21-14(16,17)18/h3-5,20H,2,6-9H2,1H3. The Morgan fingerprint density at radius 1 is 1.29 bits per heavy atom. The first-order chi connectivity index (χ1) is 9.75. The predicted octanol–water partition coefficient (Wildman–Crippen LogP) is 3.03. The monoisotopic (exact) mass is 307 g/mol. The van der Waals surface area contributed by atoms with Gasteiger partial charge < -0.3 is 14.7 Å². The molecule has 1 fully saturated rings. The highest BCUT2D eigenvalue weighted by atomic mass is 19.4. The Kier molecular flexibility index (Phi) is 4.43. The lowest BCUT2D eigenvalue weighted by molar-refractivity contribution is -0.275. The maximum absolute atomic E-state index is 14.2. The van der Waals surface area contributed by atoms with Crippen LogP contribution in [-0.2, 0) is 5.60 Å². The smallest absolute Gasteiger partial charge is 0.403 e. The molecule has 0 atom stereocenters. The average molecular weight is 307 g/mol. The van der Waals surface area contributed by atoms with Crippen molar-refractivity contribution in [2.45, 2.75) is 31.7 Å². The van der Waals surface area contributed by atoms with Crippen molar-refractivity contribution in [1.82, 2.24) is 4.90 Å². The highest BCUT2D eigenvalue weighted by molar-refractivity contribution is 5.35. The molecule has 0 bridgehead atoms. The second kappa shape index (κ2) is 5.81. The van der Waals surface area contributed by atoms with Crippen molar-refractivity contribution in [3.63, 3.8) is 0 Å². The minimum Gasteiger partial charge on any atom is -0.403 e. The summed E-state index contributed by atoms with van der Waals surface area (Å²) in [7, 11) is 0. The zero-order valence-corrected chi connectivity index (χ0v) is 11.6. The third-order valence-corrected chi connectivity index (χ3v) is 3.82. The van der Waals surface area contributed by atoms with Crippen LogP contribution < -0.4 is 4.74 Å². The summed E-state index contributed by atoms with van der Waals surface area (Å²) in [6.07, 6.45) is -4.42.